The van der Waals surface area contributed by atoms with Crippen LogP contribution in [-0.2, 0) is 11.2 Å². The molecule has 2 nitrogen and oxygen atoms in total. The fourth-order valence-corrected chi connectivity index (χ4v) is 5.33. The Balaban J connectivity index is 1.30. The topological polar surface area (TPSA) is 33.0 Å². The molecular weight excluding hydrogens is 366 g/mol. The van der Waals surface area contributed by atoms with Gasteiger partial charge in [-0.3, -0.25) is 0 Å². The molecule has 3 rings (SSSR count). The first-order valence-corrected chi connectivity index (χ1v) is 12.5. The molecule has 0 aromatic heterocycles. The smallest absolute Gasteiger partial charge is 0.0908 e. The second-order valence-electron chi connectivity index (χ2n) is 9.65. The molecule has 0 N–H and O–H groups in total. The lowest BCUT2D eigenvalue weighted by Crippen LogP contribution is -2.25. The molecule has 0 saturated heterocycles. The van der Waals surface area contributed by atoms with Crippen molar-refractivity contribution in [3.63, 3.8) is 0 Å². The summed E-state index contributed by atoms with van der Waals surface area (Å²) in [6.45, 7) is 3.24. The Kier molecular flexibility index (Phi) is 9.97. The summed E-state index contributed by atoms with van der Waals surface area (Å²) in [6.07, 6.45) is 20.6. The van der Waals surface area contributed by atoms with Crippen LogP contribution in [0.25, 0.3) is 0 Å². The lowest BCUT2D eigenvalue weighted by molar-refractivity contribution is -0.00474. The number of rotatable bonds is 10. The van der Waals surface area contributed by atoms with E-state index in [4.69, 9.17) is 10.00 Å². The third kappa shape index (κ3) is 7.59. The predicted molar refractivity (Wildman–Crippen MR) is 125 cm³/mol. The zero-order chi connectivity index (χ0) is 21.0. The van der Waals surface area contributed by atoms with Crippen LogP contribution in [0, 0.1) is 23.2 Å². The van der Waals surface area contributed by atoms with Crippen LogP contribution in [0.1, 0.15) is 101 Å². The van der Waals surface area contributed by atoms with E-state index in [1.54, 1.807) is 6.08 Å². The minimum Gasteiger partial charge on any atom is -0.378 e. The molecule has 0 amide bonds. The van der Waals surface area contributed by atoms with Crippen molar-refractivity contribution in [1.29, 1.82) is 5.26 Å². The molecule has 2 saturated carbocycles. The fourth-order valence-electron chi connectivity index (χ4n) is 5.33. The van der Waals surface area contributed by atoms with Gasteiger partial charge in [0.1, 0.15) is 0 Å². The number of hydrogen-bond acceptors (Lipinski definition) is 2. The second kappa shape index (κ2) is 13.0. The second-order valence-corrected chi connectivity index (χ2v) is 9.65. The highest BCUT2D eigenvalue weighted by molar-refractivity contribution is 5.26. The molecule has 30 heavy (non-hydrogen) atoms. The lowest BCUT2D eigenvalue weighted by atomic mass is 9.80. The largest absolute Gasteiger partial charge is 0.378 e. The first-order chi connectivity index (χ1) is 14.8. The van der Waals surface area contributed by atoms with Gasteiger partial charge in [0.15, 0.2) is 0 Å². The van der Waals surface area contributed by atoms with Crippen molar-refractivity contribution in [2.45, 2.75) is 102 Å². The van der Waals surface area contributed by atoms with Gasteiger partial charge in [0, 0.05) is 12.7 Å². The van der Waals surface area contributed by atoms with Gasteiger partial charge in [-0.1, -0.05) is 56.5 Å². The number of ether oxygens (including phenoxy) is 1. The minimum atomic E-state index is 0.485. The van der Waals surface area contributed by atoms with Gasteiger partial charge < -0.3 is 4.74 Å². The third-order valence-corrected chi connectivity index (χ3v) is 7.41. The van der Waals surface area contributed by atoms with E-state index in [2.05, 4.69) is 37.3 Å². The summed E-state index contributed by atoms with van der Waals surface area (Å²) < 4.78 is 6.37. The molecule has 0 aliphatic heterocycles. The van der Waals surface area contributed by atoms with Crippen molar-refractivity contribution < 1.29 is 4.74 Å². The molecule has 1 aromatic rings. The Morgan fingerprint density at radius 2 is 1.67 bits per heavy atom. The van der Waals surface area contributed by atoms with Crippen LogP contribution in [0.5, 0.6) is 0 Å². The molecule has 2 heteroatoms. The van der Waals surface area contributed by atoms with Crippen LogP contribution in [0.15, 0.2) is 36.4 Å². The zero-order valence-electron chi connectivity index (χ0n) is 19.0. The maximum Gasteiger partial charge on any atom is 0.0908 e. The number of unbranched alkanes of at least 4 members (excludes halogenated alkanes) is 1. The van der Waals surface area contributed by atoms with E-state index in [1.807, 2.05) is 6.08 Å². The summed E-state index contributed by atoms with van der Waals surface area (Å²) in [5, 5.41) is 8.56. The van der Waals surface area contributed by atoms with Crippen LogP contribution in [0.2, 0.25) is 0 Å². The Morgan fingerprint density at radius 3 is 2.33 bits per heavy atom. The molecule has 0 bridgehead atoms. The molecule has 2 aliphatic rings. The van der Waals surface area contributed by atoms with Gasteiger partial charge in [0.05, 0.1) is 12.2 Å². The number of hydrogen-bond donors (Lipinski definition) is 0. The lowest BCUT2D eigenvalue weighted by Gasteiger charge is -2.32. The minimum absolute atomic E-state index is 0.485. The van der Waals surface area contributed by atoms with Gasteiger partial charge >= 0.3 is 0 Å². The maximum atomic E-state index is 8.56. The third-order valence-electron chi connectivity index (χ3n) is 7.41. The highest BCUT2D eigenvalue weighted by Gasteiger charge is 2.25. The van der Waals surface area contributed by atoms with Crippen molar-refractivity contribution in [2.75, 3.05) is 6.61 Å². The van der Waals surface area contributed by atoms with Crippen LogP contribution >= 0.6 is 0 Å². The monoisotopic (exact) mass is 407 g/mol. The van der Waals surface area contributed by atoms with Crippen molar-refractivity contribution in [2.24, 2.45) is 11.8 Å². The Bertz CT molecular complexity index is 655. The summed E-state index contributed by atoms with van der Waals surface area (Å²) in [6, 6.07) is 11.5. The molecule has 1 aromatic carbocycles. The van der Waals surface area contributed by atoms with E-state index in [1.165, 1.54) is 88.2 Å². The van der Waals surface area contributed by atoms with Gasteiger partial charge in [-0.05, 0) is 93.1 Å². The molecule has 2 aliphatic carbocycles. The van der Waals surface area contributed by atoms with Crippen LogP contribution in [0.3, 0.4) is 0 Å². The van der Waals surface area contributed by atoms with E-state index < -0.39 is 0 Å². The van der Waals surface area contributed by atoms with Crippen molar-refractivity contribution in [3.8, 4) is 6.07 Å². The summed E-state index contributed by atoms with van der Waals surface area (Å²) in [7, 11) is 0. The molecule has 0 heterocycles. The number of nitrogens with zero attached hydrogens (tertiary/aromatic N) is 1. The molecule has 0 atom stereocenters. The zero-order valence-corrected chi connectivity index (χ0v) is 19.0. The molecule has 0 radical (unpaired) electrons. The van der Waals surface area contributed by atoms with E-state index in [0.29, 0.717) is 6.10 Å². The number of allylic oxidation sites excluding steroid dienone is 2. The fraction of sp³-hybridized carbons (Fsp3) is 0.679. The van der Waals surface area contributed by atoms with Crippen LogP contribution < -0.4 is 0 Å². The maximum absolute atomic E-state index is 8.56. The summed E-state index contributed by atoms with van der Waals surface area (Å²) in [4.78, 5) is 0. The molecule has 2 fully saturated rings. The number of benzene rings is 1. The Labute approximate surface area is 184 Å². The molecule has 164 valence electrons. The van der Waals surface area contributed by atoms with Gasteiger partial charge in [-0.15, -0.1) is 0 Å². The number of aryl methyl sites for hydroxylation is 1. The average molecular weight is 408 g/mol. The Hall–Kier alpha value is -1.59. The van der Waals surface area contributed by atoms with Crippen LogP contribution in [0.4, 0.5) is 0 Å². The van der Waals surface area contributed by atoms with Crippen molar-refractivity contribution >= 4 is 0 Å². The number of nitriles is 1. The normalized spacial score (nSPS) is 27.2. The summed E-state index contributed by atoms with van der Waals surface area (Å²) >= 11 is 0. The van der Waals surface area contributed by atoms with E-state index in [0.717, 1.165) is 30.8 Å². The predicted octanol–water partition coefficient (Wildman–Crippen LogP) is 7.74. The first kappa shape index (κ1) is 23.1. The van der Waals surface area contributed by atoms with Gasteiger partial charge in [0.2, 0.25) is 0 Å². The first-order valence-electron chi connectivity index (χ1n) is 12.5. The molecular formula is C28H41NO. The highest BCUT2D eigenvalue weighted by Crippen LogP contribution is 2.36. The highest BCUT2D eigenvalue weighted by atomic mass is 16.5. The molecule has 0 spiro atoms. The van der Waals surface area contributed by atoms with Crippen molar-refractivity contribution in [1.82, 2.24) is 0 Å². The van der Waals surface area contributed by atoms with Crippen LogP contribution in [-0.4, -0.2) is 12.7 Å². The Morgan fingerprint density at radius 1 is 0.967 bits per heavy atom. The summed E-state index contributed by atoms with van der Waals surface area (Å²) in [5.41, 5.74) is 3.03. The average Bonchev–Trinajstić information content (AvgIpc) is 2.81. The van der Waals surface area contributed by atoms with Gasteiger partial charge in [-0.25, -0.2) is 0 Å². The molecule has 0 unspecified atom stereocenters. The van der Waals surface area contributed by atoms with E-state index in [9.17, 15) is 0 Å². The quantitative estimate of drug-likeness (QED) is 0.372. The standard InChI is InChI=1S/C28H41NO/c1-2-3-7-23-13-15-26(16-14-23)27-17-19-28(20-18-27)30-22-25-11-9-24(10-12-25)8-5-4-6-21-29/h4,6,13-16,24-25,27-28H,2-3,5,7-12,17-20,22H2,1H3. The van der Waals surface area contributed by atoms with Gasteiger partial charge in [0.25, 0.3) is 0 Å². The SMILES string of the molecule is CCCCc1ccc(C2CCC(OCC3CCC(CCC=CC#N)CC3)CC2)cc1. The van der Waals surface area contributed by atoms with E-state index in [-0.39, 0.29) is 0 Å². The van der Waals surface area contributed by atoms with E-state index >= 15 is 0 Å². The van der Waals surface area contributed by atoms with Crippen molar-refractivity contribution in [3.05, 3.63) is 47.5 Å². The van der Waals surface area contributed by atoms with Gasteiger partial charge in [-0.2, -0.15) is 5.26 Å². The summed E-state index contributed by atoms with van der Waals surface area (Å²) in [5.74, 6) is 2.35.